The molecule has 6 heteroatoms. The first-order valence-corrected chi connectivity index (χ1v) is 7.03. The summed E-state index contributed by atoms with van der Waals surface area (Å²) in [4.78, 5) is 11.5. The Morgan fingerprint density at radius 3 is 2.73 bits per heavy atom. The Hall–Kier alpha value is -0.620. The second kappa shape index (κ2) is 4.94. The van der Waals surface area contributed by atoms with Crippen molar-refractivity contribution in [3.8, 4) is 0 Å². The zero-order valence-corrected chi connectivity index (χ0v) is 9.72. The van der Waals surface area contributed by atoms with Crippen molar-refractivity contribution in [2.75, 3.05) is 11.5 Å². The molecule has 1 fully saturated rings. The third kappa shape index (κ3) is 3.79. The summed E-state index contributed by atoms with van der Waals surface area (Å²) in [7, 11) is -2.93. The summed E-state index contributed by atoms with van der Waals surface area (Å²) in [5, 5.41) is 2.68. The van der Waals surface area contributed by atoms with Gasteiger partial charge in [0.1, 0.15) is 0 Å². The second-order valence-corrected chi connectivity index (χ2v) is 6.23. The van der Waals surface area contributed by atoms with Crippen LogP contribution in [0.25, 0.3) is 0 Å². The van der Waals surface area contributed by atoms with Gasteiger partial charge in [0.25, 0.3) is 0 Å². The normalized spacial score (nSPS) is 26.1. The molecule has 0 aromatic heterocycles. The lowest BCUT2D eigenvalue weighted by Crippen LogP contribution is -2.45. The van der Waals surface area contributed by atoms with Crippen molar-refractivity contribution in [3.63, 3.8) is 0 Å². The van der Waals surface area contributed by atoms with Crippen molar-refractivity contribution in [1.29, 1.82) is 0 Å². The van der Waals surface area contributed by atoms with Gasteiger partial charge in [-0.05, 0) is 12.8 Å². The smallest absolute Gasteiger partial charge is 0.237 e. The number of sulfone groups is 1. The summed E-state index contributed by atoms with van der Waals surface area (Å²) in [6.45, 7) is 1.95. The highest BCUT2D eigenvalue weighted by atomic mass is 32.2. The summed E-state index contributed by atoms with van der Waals surface area (Å²) in [6, 6.07) is -0.760. The Labute approximate surface area is 90.3 Å². The maximum absolute atomic E-state index is 11.5. The lowest BCUT2D eigenvalue weighted by Gasteiger charge is -2.15. The standard InChI is InChI=1S/C9H18N2O3S/c1-2-3-8(10)9(12)11-7-4-5-15(13,14)6-7/h7-8H,2-6,10H2,1H3,(H,11,12)/t7?,8-/m0/s1. The monoisotopic (exact) mass is 234 g/mol. The first kappa shape index (κ1) is 12.4. The van der Waals surface area contributed by atoms with Crippen LogP contribution in [-0.4, -0.2) is 37.9 Å². The number of carbonyl (C=O) groups excluding carboxylic acids is 1. The van der Waals surface area contributed by atoms with E-state index in [1.165, 1.54) is 0 Å². The van der Waals surface area contributed by atoms with Crippen LogP contribution in [0.3, 0.4) is 0 Å². The van der Waals surface area contributed by atoms with Gasteiger partial charge >= 0.3 is 0 Å². The number of nitrogens with two attached hydrogens (primary N) is 1. The molecule has 15 heavy (non-hydrogen) atoms. The van der Waals surface area contributed by atoms with Gasteiger partial charge in [0.15, 0.2) is 9.84 Å². The number of amides is 1. The molecule has 0 aromatic carbocycles. The third-order valence-corrected chi connectivity index (χ3v) is 4.28. The lowest BCUT2D eigenvalue weighted by atomic mass is 10.1. The largest absolute Gasteiger partial charge is 0.351 e. The molecule has 1 saturated heterocycles. The molecule has 0 bridgehead atoms. The van der Waals surface area contributed by atoms with E-state index in [2.05, 4.69) is 5.32 Å². The average Bonchev–Trinajstić information content (AvgIpc) is 2.46. The van der Waals surface area contributed by atoms with Crippen molar-refractivity contribution in [2.24, 2.45) is 5.73 Å². The van der Waals surface area contributed by atoms with E-state index >= 15 is 0 Å². The fraction of sp³-hybridized carbons (Fsp3) is 0.889. The first-order chi connectivity index (χ1) is 6.94. The zero-order chi connectivity index (χ0) is 11.5. The molecule has 1 amide bonds. The minimum absolute atomic E-state index is 0.0532. The minimum Gasteiger partial charge on any atom is -0.351 e. The first-order valence-electron chi connectivity index (χ1n) is 5.21. The van der Waals surface area contributed by atoms with E-state index in [1.807, 2.05) is 6.92 Å². The summed E-state index contributed by atoms with van der Waals surface area (Å²) < 4.78 is 22.3. The van der Waals surface area contributed by atoms with Gasteiger partial charge in [-0.3, -0.25) is 4.79 Å². The van der Waals surface area contributed by atoms with Crippen LogP contribution in [0.5, 0.6) is 0 Å². The fourth-order valence-electron chi connectivity index (χ4n) is 1.66. The van der Waals surface area contributed by atoms with Crippen LogP contribution in [0.15, 0.2) is 0 Å². The van der Waals surface area contributed by atoms with E-state index in [1.54, 1.807) is 0 Å². The highest BCUT2D eigenvalue weighted by Gasteiger charge is 2.29. The predicted octanol–water partition coefficient (Wildman–Crippen LogP) is -0.583. The summed E-state index contributed by atoms with van der Waals surface area (Å²) in [5.74, 6) is -0.0163. The Bertz CT molecular complexity index is 326. The quantitative estimate of drug-likeness (QED) is 0.681. The molecule has 3 N–H and O–H groups in total. The number of hydrogen-bond acceptors (Lipinski definition) is 4. The molecule has 1 unspecified atom stereocenters. The molecule has 88 valence electrons. The van der Waals surface area contributed by atoms with Gasteiger partial charge in [-0.1, -0.05) is 13.3 Å². The van der Waals surface area contributed by atoms with Crippen LogP contribution in [0, 0.1) is 0 Å². The average molecular weight is 234 g/mol. The van der Waals surface area contributed by atoms with E-state index in [-0.39, 0.29) is 23.5 Å². The van der Waals surface area contributed by atoms with E-state index < -0.39 is 15.9 Å². The summed E-state index contributed by atoms with van der Waals surface area (Å²) in [5.41, 5.74) is 5.61. The van der Waals surface area contributed by atoms with Gasteiger partial charge < -0.3 is 11.1 Å². The van der Waals surface area contributed by atoms with Crippen LogP contribution < -0.4 is 11.1 Å². The molecule has 1 aliphatic heterocycles. The molecule has 0 aliphatic carbocycles. The molecule has 1 heterocycles. The molecule has 0 aromatic rings. The van der Waals surface area contributed by atoms with Crippen LogP contribution in [0.1, 0.15) is 26.2 Å². The summed E-state index contributed by atoms with van der Waals surface area (Å²) >= 11 is 0. The Kier molecular flexibility index (Phi) is 4.10. The fourth-order valence-corrected chi connectivity index (χ4v) is 3.33. The van der Waals surface area contributed by atoms with Gasteiger partial charge in [-0.15, -0.1) is 0 Å². The van der Waals surface area contributed by atoms with Gasteiger partial charge in [0, 0.05) is 6.04 Å². The van der Waals surface area contributed by atoms with E-state index in [0.717, 1.165) is 6.42 Å². The number of hydrogen-bond donors (Lipinski definition) is 2. The highest BCUT2D eigenvalue weighted by Crippen LogP contribution is 2.11. The molecule has 1 aliphatic rings. The second-order valence-electron chi connectivity index (χ2n) is 4.00. The van der Waals surface area contributed by atoms with Crippen molar-refractivity contribution < 1.29 is 13.2 Å². The van der Waals surface area contributed by atoms with Crippen LogP contribution >= 0.6 is 0 Å². The molecule has 5 nitrogen and oxygen atoms in total. The van der Waals surface area contributed by atoms with Crippen molar-refractivity contribution >= 4 is 15.7 Å². The Morgan fingerprint density at radius 1 is 1.60 bits per heavy atom. The zero-order valence-electron chi connectivity index (χ0n) is 8.90. The topological polar surface area (TPSA) is 89.3 Å². The predicted molar refractivity (Wildman–Crippen MR) is 58.1 cm³/mol. The van der Waals surface area contributed by atoms with Gasteiger partial charge in [0.05, 0.1) is 17.5 Å². The Balaban J connectivity index is 2.40. The molecular weight excluding hydrogens is 216 g/mol. The molecule has 0 spiro atoms. The highest BCUT2D eigenvalue weighted by molar-refractivity contribution is 7.91. The van der Waals surface area contributed by atoms with E-state index in [4.69, 9.17) is 5.73 Å². The van der Waals surface area contributed by atoms with Crippen molar-refractivity contribution in [1.82, 2.24) is 5.32 Å². The molecule has 0 saturated carbocycles. The van der Waals surface area contributed by atoms with Gasteiger partial charge in [-0.25, -0.2) is 8.42 Å². The molecule has 0 radical (unpaired) electrons. The summed E-state index contributed by atoms with van der Waals surface area (Å²) in [6.07, 6.45) is 1.98. The van der Waals surface area contributed by atoms with Crippen LogP contribution in [-0.2, 0) is 14.6 Å². The van der Waals surface area contributed by atoms with E-state index in [9.17, 15) is 13.2 Å². The SMILES string of the molecule is CCC[C@H](N)C(=O)NC1CCS(=O)(=O)C1. The Morgan fingerprint density at radius 2 is 2.27 bits per heavy atom. The maximum atomic E-state index is 11.5. The number of carbonyl (C=O) groups is 1. The van der Waals surface area contributed by atoms with Crippen molar-refractivity contribution in [2.45, 2.75) is 38.3 Å². The number of nitrogens with one attached hydrogen (secondary N) is 1. The molecular formula is C9H18N2O3S. The van der Waals surface area contributed by atoms with Crippen LogP contribution in [0.2, 0.25) is 0 Å². The lowest BCUT2D eigenvalue weighted by molar-refractivity contribution is -0.123. The molecule has 2 atom stereocenters. The van der Waals surface area contributed by atoms with Crippen LogP contribution in [0.4, 0.5) is 0 Å². The van der Waals surface area contributed by atoms with Gasteiger partial charge in [0.2, 0.25) is 5.91 Å². The third-order valence-electron chi connectivity index (χ3n) is 2.52. The van der Waals surface area contributed by atoms with Crippen molar-refractivity contribution in [3.05, 3.63) is 0 Å². The maximum Gasteiger partial charge on any atom is 0.237 e. The van der Waals surface area contributed by atoms with Gasteiger partial charge in [-0.2, -0.15) is 0 Å². The number of rotatable bonds is 4. The molecule has 1 rings (SSSR count). The van der Waals surface area contributed by atoms with E-state index in [0.29, 0.717) is 12.8 Å². The minimum atomic E-state index is -2.93.